The Bertz CT molecular complexity index is 2570. The number of carboxylic acids is 2. The Morgan fingerprint density at radius 3 is 1.15 bits per heavy atom. The quantitative estimate of drug-likeness (QED) is 0.0252. The molecule has 3 saturated carbocycles. The van der Waals surface area contributed by atoms with E-state index in [4.69, 9.17) is 38.6 Å². The number of hydrogen-bond acceptors (Lipinski definition) is 13. The summed E-state index contributed by atoms with van der Waals surface area (Å²) in [5, 5.41) is 59.6. The van der Waals surface area contributed by atoms with Crippen molar-refractivity contribution in [2.45, 2.75) is 231 Å². The predicted octanol–water partition coefficient (Wildman–Crippen LogP) is 12.1. The van der Waals surface area contributed by atoms with E-state index in [1.165, 1.54) is 60.6 Å². The molecule has 3 aromatic rings. The number of rotatable bonds is 32. The number of esters is 1. The number of aliphatic hydroxyl groups is 4. The Morgan fingerprint density at radius 2 is 0.805 bits per heavy atom. The molecule has 3 fully saturated rings. The average Bonchev–Trinajstić information content (AvgIpc) is 2.00. The second kappa shape index (κ2) is 35.6. The molecule has 87 heavy (non-hydrogen) atoms. The summed E-state index contributed by atoms with van der Waals surface area (Å²) in [6, 6.07) is 18.0. The van der Waals surface area contributed by atoms with Crippen LogP contribution in [-0.2, 0) is 67.1 Å². The molecule has 0 aliphatic heterocycles. The van der Waals surface area contributed by atoms with Gasteiger partial charge in [-0.2, -0.15) is 0 Å². The number of unbranched alkanes of at least 4 members (excludes halogenated alkanes) is 6. The number of ether oxygens (including phenoxy) is 6. The third kappa shape index (κ3) is 19.9. The third-order valence-electron chi connectivity index (χ3n) is 20.8. The summed E-state index contributed by atoms with van der Waals surface area (Å²) in [4.78, 5) is 33.2. The number of benzene rings is 3. The predicted molar refractivity (Wildman–Crippen MR) is 336 cm³/mol. The number of aliphatic carboxylic acids is 2. The first-order chi connectivity index (χ1) is 42.1. The summed E-state index contributed by atoms with van der Waals surface area (Å²) >= 11 is 0. The normalized spacial score (nSPS) is 26.6. The Hall–Kier alpha value is -4.77. The van der Waals surface area contributed by atoms with Gasteiger partial charge < -0.3 is 59.1 Å². The lowest BCUT2D eigenvalue weighted by atomic mass is 9.73. The van der Waals surface area contributed by atoms with Crippen LogP contribution in [-0.4, -0.2) is 126 Å². The molecule has 15 nitrogen and oxygen atoms in total. The van der Waals surface area contributed by atoms with E-state index in [1.54, 1.807) is 7.11 Å². The summed E-state index contributed by atoms with van der Waals surface area (Å²) in [5.41, 5.74) is 7.33. The van der Waals surface area contributed by atoms with Gasteiger partial charge in [0.25, 0.3) is 0 Å². The van der Waals surface area contributed by atoms with E-state index in [-0.39, 0.29) is 68.3 Å². The maximum atomic E-state index is 11.5. The maximum Gasteiger partial charge on any atom is 0.343 e. The molecule has 486 valence electrons. The first-order valence-electron chi connectivity index (χ1n) is 33.6. The lowest BCUT2D eigenvalue weighted by Gasteiger charge is -2.32. The minimum absolute atomic E-state index is 0.0553. The van der Waals surface area contributed by atoms with Gasteiger partial charge in [-0.1, -0.05) is 115 Å². The van der Waals surface area contributed by atoms with Gasteiger partial charge in [0.15, 0.2) is 19.8 Å². The lowest BCUT2D eigenvalue weighted by Crippen LogP contribution is -2.28. The molecule has 6 aliphatic carbocycles. The van der Waals surface area contributed by atoms with Crippen LogP contribution in [0.5, 0.6) is 17.2 Å². The minimum Gasteiger partial charge on any atom is -0.482 e. The topological polar surface area (TPSA) is 228 Å². The minimum atomic E-state index is -0.972. The summed E-state index contributed by atoms with van der Waals surface area (Å²) in [6.07, 6.45) is 26.5. The fourth-order valence-corrected chi connectivity index (χ4v) is 16.3. The number of aliphatic hydroxyl groups excluding tert-OH is 4. The molecule has 6 aliphatic rings. The van der Waals surface area contributed by atoms with E-state index in [0.717, 1.165) is 159 Å². The molecule has 15 heteroatoms. The zero-order chi connectivity index (χ0) is 62.4. The Labute approximate surface area is 519 Å². The molecule has 0 aromatic heterocycles. The molecule has 0 radical (unpaired) electrons. The van der Waals surface area contributed by atoms with Crippen molar-refractivity contribution in [1.82, 2.24) is 0 Å². The van der Waals surface area contributed by atoms with Crippen molar-refractivity contribution in [3.8, 4) is 17.2 Å². The largest absolute Gasteiger partial charge is 0.482 e. The van der Waals surface area contributed by atoms with Gasteiger partial charge in [0.1, 0.15) is 17.2 Å². The van der Waals surface area contributed by atoms with E-state index in [9.17, 15) is 34.8 Å². The maximum absolute atomic E-state index is 11.5. The summed E-state index contributed by atoms with van der Waals surface area (Å²) in [5.74, 6) is 4.18. The standard InChI is InChI=1S/C25H38O5.C24H36O5.C23H34O5/c1-4-5-6-9-19(26)11-12-20-21-13-17-8-7-10-23(30-16-25(27)29-3)22(17)14-18(21)15-24(20)28-2;1-3-4-5-8-18(25)10-11-19-20-12-16-7-6-9-22(29-15-24(26)27)21(16)13-17(20)14-23(19)28-2;1-2-3-4-7-17(24)9-10-18-19-11-15-6-5-8-22(28-14-23(26)27)20(15)12-16(19)13-21(18)25/h7-8,10,18-21,24,26H,4-6,9,11-16H2,1-3H3;6-7,9,17-20,23,25H,3-5,8,10-15H2,1-2H3,(H,26,27);5-6,8,16-19,21,24-25H,2-4,7,9-14H2,1H3,(H,26,27)/t18-,19-,20+,21-,24+;17-,18-,19+,20-,23+;16-,17-,18+,19-,21+/m000/s1. The van der Waals surface area contributed by atoms with E-state index >= 15 is 0 Å². The van der Waals surface area contributed by atoms with Crippen molar-refractivity contribution in [2.75, 3.05) is 41.2 Å². The van der Waals surface area contributed by atoms with Crippen molar-refractivity contribution in [3.63, 3.8) is 0 Å². The highest BCUT2D eigenvalue weighted by atomic mass is 16.6. The number of carbonyl (C=O) groups is 3. The molecule has 0 heterocycles. The fourth-order valence-electron chi connectivity index (χ4n) is 16.3. The van der Waals surface area contributed by atoms with Gasteiger partial charge in [-0.15, -0.1) is 0 Å². The molecule has 0 amide bonds. The van der Waals surface area contributed by atoms with Crippen molar-refractivity contribution in [1.29, 1.82) is 0 Å². The van der Waals surface area contributed by atoms with Gasteiger partial charge >= 0.3 is 17.9 Å². The van der Waals surface area contributed by atoms with Gasteiger partial charge in [-0.3, -0.25) is 0 Å². The van der Waals surface area contributed by atoms with Crippen LogP contribution in [0.1, 0.15) is 189 Å². The van der Waals surface area contributed by atoms with E-state index in [0.29, 0.717) is 58.8 Å². The highest BCUT2D eigenvalue weighted by molar-refractivity contribution is 5.71. The zero-order valence-electron chi connectivity index (χ0n) is 53.4. The van der Waals surface area contributed by atoms with Crippen LogP contribution in [0.3, 0.4) is 0 Å². The zero-order valence-corrected chi connectivity index (χ0v) is 53.4. The fraction of sp³-hybridized carbons (Fsp3) is 0.708. The number of hydrogen-bond donors (Lipinski definition) is 6. The van der Waals surface area contributed by atoms with Crippen LogP contribution in [0.15, 0.2) is 54.6 Å². The molecule has 15 atom stereocenters. The van der Waals surface area contributed by atoms with Crippen LogP contribution in [0.4, 0.5) is 0 Å². The third-order valence-corrected chi connectivity index (χ3v) is 20.8. The van der Waals surface area contributed by atoms with Crippen LogP contribution < -0.4 is 14.2 Å². The molecule has 9 rings (SSSR count). The number of carbonyl (C=O) groups excluding carboxylic acids is 1. The van der Waals surface area contributed by atoms with Gasteiger partial charge in [-0.05, 0) is 220 Å². The number of carboxylic acid groups (broad SMARTS) is 2. The Morgan fingerprint density at radius 1 is 0.460 bits per heavy atom. The molecular formula is C72H108O15. The summed E-state index contributed by atoms with van der Waals surface area (Å²) < 4.78 is 33.3. The molecule has 3 aromatic carbocycles. The first-order valence-corrected chi connectivity index (χ1v) is 33.6. The molecule has 0 unspecified atom stereocenters. The molecule has 0 spiro atoms. The van der Waals surface area contributed by atoms with E-state index in [2.05, 4.69) is 39.0 Å². The van der Waals surface area contributed by atoms with E-state index in [1.807, 2.05) is 43.5 Å². The molecule has 0 bridgehead atoms. The van der Waals surface area contributed by atoms with Crippen LogP contribution in [0.25, 0.3) is 0 Å². The van der Waals surface area contributed by atoms with Crippen LogP contribution in [0, 0.1) is 53.3 Å². The molecule has 0 saturated heterocycles. The highest BCUT2D eigenvalue weighted by Crippen LogP contribution is 2.52. The van der Waals surface area contributed by atoms with Gasteiger partial charge in [0.2, 0.25) is 0 Å². The first kappa shape index (κ1) is 69.7. The number of methoxy groups -OCH3 is 3. The van der Waals surface area contributed by atoms with Crippen LogP contribution in [0.2, 0.25) is 0 Å². The molecule has 6 N–H and O–H groups in total. The smallest absolute Gasteiger partial charge is 0.343 e. The summed E-state index contributed by atoms with van der Waals surface area (Å²) in [7, 11) is 5.01. The van der Waals surface area contributed by atoms with Crippen molar-refractivity contribution < 1.29 is 73.4 Å². The summed E-state index contributed by atoms with van der Waals surface area (Å²) in [6.45, 7) is 5.87. The number of fused-ring (bicyclic) bond motifs is 6. The molecular weight excluding hydrogens is 1100 g/mol. The van der Waals surface area contributed by atoms with Gasteiger partial charge in [0, 0.05) is 14.2 Å². The van der Waals surface area contributed by atoms with Crippen LogP contribution >= 0.6 is 0 Å². The Kier molecular flexibility index (Phi) is 28.5. The second-order valence-electron chi connectivity index (χ2n) is 26.4. The SMILES string of the molecule is CCCCC[C@H](O)CC[C@@H]1[C@H]2Cc3cccc(OCC(=O)O)c3C[C@H]2C[C@H]1O.CCCCC[C@H](O)CC[C@@H]1[C@H]2Cc3cccc(OCC(=O)O)c3C[C@H]2C[C@H]1OC.CCCCC[C@H](O)CC[C@@H]1[C@H]2Cc3cccc(OCC(=O)OC)c3C[C@H]2C[C@H]1OC. The van der Waals surface area contributed by atoms with Crippen molar-refractivity contribution in [3.05, 3.63) is 88.0 Å². The monoisotopic (exact) mass is 1210 g/mol. The second-order valence-corrected chi connectivity index (χ2v) is 26.4. The van der Waals surface area contributed by atoms with Gasteiger partial charge in [0.05, 0.1) is 43.7 Å². The van der Waals surface area contributed by atoms with Crippen molar-refractivity contribution in [2.24, 2.45) is 53.3 Å². The highest BCUT2D eigenvalue weighted by Gasteiger charge is 2.48. The average molecular weight is 1210 g/mol. The Balaban J connectivity index is 0.000000187. The lowest BCUT2D eigenvalue weighted by molar-refractivity contribution is -0.143. The van der Waals surface area contributed by atoms with Crippen molar-refractivity contribution >= 4 is 17.9 Å². The van der Waals surface area contributed by atoms with E-state index < -0.39 is 11.9 Å². The van der Waals surface area contributed by atoms with Gasteiger partial charge in [-0.25, -0.2) is 14.4 Å².